The smallest absolute Gasteiger partial charge is 0.219 e. The van der Waals surface area contributed by atoms with Crippen molar-refractivity contribution in [2.24, 2.45) is 5.73 Å². The largest absolute Gasteiger partial charge is 0.342 e. The zero-order valence-electron chi connectivity index (χ0n) is 10.7. The van der Waals surface area contributed by atoms with Gasteiger partial charge in [0.2, 0.25) is 5.91 Å². The highest BCUT2D eigenvalue weighted by Gasteiger charge is 2.39. The highest BCUT2D eigenvalue weighted by molar-refractivity contribution is 7.91. The first-order valence-electron chi connectivity index (χ1n) is 6.34. The van der Waals surface area contributed by atoms with E-state index in [9.17, 15) is 13.2 Å². The van der Waals surface area contributed by atoms with Crippen molar-refractivity contribution in [2.45, 2.75) is 25.4 Å². The van der Waals surface area contributed by atoms with Crippen LogP contribution in [0.25, 0.3) is 0 Å². The standard InChI is InChI=1S/C11H21N3O3S/c1-9(15)13-3-2-4-14(6-5-13)11-8-18(16,17)7-10(11)12/h10-11H,2-8,12H2,1H3. The molecule has 0 aliphatic carbocycles. The highest BCUT2D eigenvalue weighted by Crippen LogP contribution is 2.18. The molecule has 0 aromatic rings. The summed E-state index contributed by atoms with van der Waals surface area (Å²) in [6.07, 6.45) is 0.878. The Morgan fingerprint density at radius 3 is 2.44 bits per heavy atom. The third-order valence-corrected chi connectivity index (χ3v) is 5.55. The van der Waals surface area contributed by atoms with Crippen LogP contribution in [-0.2, 0) is 14.6 Å². The van der Waals surface area contributed by atoms with E-state index in [0.29, 0.717) is 13.1 Å². The van der Waals surface area contributed by atoms with E-state index >= 15 is 0 Å². The molecule has 2 aliphatic rings. The maximum Gasteiger partial charge on any atom is 0.219 e. The fourth-order valence-electron chi connectivity index (χ4n) is 2.82. The molecule has 0 spiro atoms. The fraction of sp³-hybridized carbons (Fsp3) is 0.909. The number of hydrogen-bond donors (Lipinski definition) is 1. The molecule has 2 rings (SSSR count). The number of nitrogens with two attached hydrogens (primary N) is 1. The normalized spacial score (nSPS) is 33.3. The van der Waals surface area contributed by atoms with E-state index in [1.165, 1.54) is 0 Å². The van der Waals surface area contributed by atoms with E-state index in [4.69, 9.17) is 5.73 Å². The lowest BCUT2D eigenvalue weighted by molar-refractivity contribution is -0.128. The van der Waals surface area contributed by atoms with Crippen LogP contribution in [0, 0.1) is 0 Å². The number of rotatable bonds is 1. The van der Waals surface area contributed by atoms with Crippen molar-refractivity contribution in [3.05, 3.63) is 0 Å². The average molecular weight is 275 g/mol. The Hall–Kier alpha value is -0.660. The van der Waals surface area contributed by atoms with Gasteiger partial charge in [0.05, 0.1) is 11.5 Å². The van der Waals surface area contributed by atoms with E-state index < -0.39 is 9.84 Å². The molecule has 0 aromatic carbocycles. The molecule has 2 fully saturated rings. The van der Waals surface area contributed by atoms with Gasteiger partial charge in [-0.25, -0.2) is 8.42 Å². The number of carbonyl (C=O) groups is 1. The molecule has 2 aliphatic heterocycles. The first kappa shape index (κ1) is 13.8. The van der Waals surface area contributed by atoms with E-state index in [1.54, 1.807) is 6.92 Å². The summed E-state index contributed by atoms with van der Waals surface area (Å²) in [4.78, 5) is 15.3. The molecule has 6 nitrogen and oxygen atoms in total. The minimum atomic E-state index is -2.98. The molecule has 0 bridgehead atoms. The predicted octanol–water partition coefficient (Wildman–Crippen LogP) is -1.34. The molecule has 2 atom stereocenters. The minimum absolute atomic E-state index is 0.0816. The number of amides is 1. The van der Waals surface area contributed by atoms with Gasteiger partial charge in [-0.05, 0) is 6.42 Å². The summed E-state index contributed by atoms with van der Waals surface area (Å²) < 4.78 is 23.2. The monoisotopic (exact) mass is 275 g/mol. The Bertz CT molecular complexity index is 423. The molecular formula is C11H21N3O3S. The van der Waals surface area contributed by atoms with Crippen molar-refractivity contribution in [2.75, 3.05) is 37.7 Å². The van der Waals surface area contributed by atoms with Crippen LogP contribution in [-0.4, -0.2) is 73.9 Å². The fourth-order valence-corrected chi connectivity index (χ4v) is 4.74. The molecule has 2 heterocycles. The van der Waals surface area contributed by atoms with Gasteiger partial charge >= 0.3 is 0 Å². The lowest BCUT2D eigenvalue weighted by atomic mass is 10.1. The molecule has 2 saturated heterocycles. The Kier molecular flexibility index (Phi) is 3.93. The second-order valence-corrected chi connectivity index (χ2v) is 7.36. The third-order valence-electron chi connectivity index (χ3n) is 3.81. The van der Waals surface area contributed by atoms with Crippen LogP contribution < -0.4 is 5.73 Å². The van der Waals surface area contributed by atoms with Gasteiger partial charge in [-0.2, -0.15) is 0 Å². The van der Waals surface area contributed by atoms with Gasteiger partial charge in [0.1, 0.15) is 0 Å². The minimum Gasteiger partial charge on any atom is -0.342 e. The predicted molar refractivity (Wildman–Crippen MR) is 68.9 cm³/mol. The number of carbonyl (C=O) groups excluding carboxylic acids is 1. The molecule has 0 radical (unpaired) electrons. The number of hydrogen-bond acceptors (Lipinski definition) is 5. The maximum atomic E-state index is 11.6. The van der Waals surface area contributed by atoms with Crippen LogP contribution in [0.15, 0.2) is 0 Å². The maximum absolute atomic E-state index is 11.6. The molecular weight excluding hydrogens is 254 g/mol. The van der Waals surface area contributed by atoms with Gasteiger partial charge < -0.3 is 10.6 Å². The Labute approximate surface area is 108 Å². The molecule has 2 N–H and O–H groups in total. The van der Waals surface area contributed by atoms with Crippen molar-refractivity contribution in [1.82, 2.24) is 9.80 Å². The summed E-state index contributed by atoms with van der Waals surface area (Å²) in [5.74, 6) is 0.332. The van der Waals surface area contributed by atoms with E-state index in [-0.39, 0.29) is 29.5 Å². The number of nitrogens with zero attached hydrogens (tertiary/aromatic N) is 2. The molecule has 18 heavy (non-hydrogen) atoms. The first-order valence-corrected chi connectivity index (χ1v) is 8.17. The SMILES string of the molecule is CC(=O)N1CCCN(C2CS(=O)(=O)CC2N)CC1. The molecule has 0 aromatic heterocycles. The van der Waals surface area contributed by atoms with E-state index in [2.05, 4.69) is 4.90 Å². The van der Waals surface area contributed by atoms with Crippen molar-refractivity contribution in [3.63, 3.8) is 0 Å². The molecule has 0 saturated carbocycles. The van der Waals surface area contributed by atoms with Crippen molar-refractivity contribution >= 4 is 15.7 Å². The number of sulfone groups is 1. The Morgan fingerprint density at radius 1 is 1.17 bits per heavy atom. The molecule has 1 amide bonds. The third kappa shape index (κ3) is 3.02. The summed E-state index contributed by atoms with van der Waals surface area (Å²) >= 11 is 0. The second kappa shape index (κ2) is 5.14. The summed E-state index contributed by atoms with van der Waals surface area (Å²) in [7, 11) is -2.98. The van der Waals surface area contributed by atoms with Gasteiger partial charge in [-0.3, -0.25) is 9.69 Å². The van der Waals surface area contributed by atoms with Crippen LogP contribution in [0.5, 0.6) is 0 Å². The lowest BCUT2D eigenvalue weighted by Crippen LogP contribution is -2.48. The van der Waals surface area contributed by atoms with Gasteiger partial charge in [0, 0.05) is 45.2 Å². The van der Waals surface area contributed by atoms with Crippen LogP contribution in [0.3, 0.4) is 0 Å². The zero-order valence-corrected chi connectivity index (χ0v) is 11.5. The van der Waals surface area contributed by atoms with E-state index in [0.717, 1.165) is 19.5 Å². The van der Waals surface area contributed by atoms with Gasteiger partial charge in [-0.15, -0.1) is 0 Å². The van der Waals surface area contributed by atoms with Crippen molar-refractivity contribution in [3.8, 4) is 0 Å². The Balaban J connectivity index is 2.00. The summed E-state index contributed by atoms with van der Waals surface area (Å²) in [5.41, 5.74) is 5.93. The molecule has 104 valence electrons. The first-order chi connectivity index (χ1) is 8.39. The molecule has 2 unspecified atom stereocenters. The summed E-state index contributed by atoms with van der Waals surface area (Å²) in [5, 5.41) is 0. The van der Waals surface area contributed by atoms with Crippen LogP contribution in [0.4, 0.5) is 0 Å². The molecule has 7 heteroatoms. The van der Waals surface area contributed by atoms with Crippen LogP contribution in [0.2, 0.25) is 0 Å². The van der Waals surface area contributed by atoms with Crippen LogP contribution >= 0.6 is 0 Å². The summed E-state index contributed by atoms with van der Waals surface area (Å²) in [6.45, 7) is 4.52. The van der Waals surface area contributed by atoms with Gasteiger partial charge in [0.25, 0.3) is 0 Å². The van der Waals surface area contributed by atoms with Crippen molar-refractivity contribution < 1.29 is 13.2 Å². The van der Waals surface area contributed by atoms with Crippen LogP contribution in [0.1, 0.15) is 13.3 Å². The lowest BCUT2D eigenvalue weighted by Gasteiger charge is -2.29. The van der Waals surface area contributed by atoms with Gasteiger partial charge in [0.15, 0.2) is 9.84 Å². The zero-order chi connectivity index (χ0) is 13.3. The second-order valence-electron chi connectivity index (χ2n) is 5.20. The summed E-state index contributed by atoms with van der Waals surface area (Å²) in [6, 6.07) is -0.374. The highest BCUT2D eigenvalue weighted by atomic mass is 32.2. The van der Waals surface area contributed by atoms with Crippen molar-refractivity contribution in [1.29, 1.82) is 0 Å². The topological polar surface area (TPSA) is 83.7 Å². The average Bonchev–Trinajstić information content (AvgIpc) is 2.48. The van der Waals surface area contributed by atoms with Gasteiger partial charge in [-0.1, -0.05) is 0 Å². The quantitative estimate of drug-likeness (QED) is 0.641. The Morgan fingerprint density at radius 2 is 1.89 bits per heavy atom. The van der Waals surface area contributed by atoms with E-state index in [1.807, 2.05) is 4.90 Å².